The fourth-order valence-corrected chi connectivity index (χ4v) is 3.21. The highest BCUT2D eigenvalue weighted by Crippen LogP contribution is 2.23. The fourth-order valence-electron chi connectivity index (χ4n) is 3.03. The van der Waals surface area contributed by atoms with Crippen LogP contribution in [-0.2, 0) is 9.53 Å². The number of nitrogens with zero attached hydrogens (tertiary/aromatic N) is 1. The Morgan fingerprint density at radius 2 is 1.89 bits per heavy atom. The number of aryl methyl sites for hydroxylation is 1. The zero-order valence-electron chi connectivity index (χ0n) is 15.7. The van der Waals surface area contributed by atoms with Gasteiger partial charge in [0.25, 0.3) is 5.91 Å². The molecule has 1 aromatic heterocycles. The van der Waals surface area contributed by atoms with Gasteiger partial charge in [-0.2, -0.15) is 0 Å². The number of hydrogen-bond acceptors (Lipinski definition) is 4. The van der Waals surface area contributed by atoms with Crippen LogP contribution < -0.4 is 5.32 Å². The molecule has 3 aromatic rings. The second kappa shape index (κ2) is 8.85. The number of carbonyl (C=O) groups is 2. The van der Waals surface area contributed by atoms with E-state index < -0.39 is 6.04 Å². The quantitative estimate of drug-likeness (QED) is 0.617. The van der Waals surface area contributed by atoms with Crippen molar-refractivity contribution >= 4 is 34.4 Å². The molecule has 1 heterocycles. The maximum absolute atomic E-state index is 13.0. The lowest BCUT2D eigenvalue weighted by atomic mass is 10.0. The molecule has 0 radical (unpaired) electrons. The van der Waals surface area contributed by atoms with Gasteiger partial charge in [-0.1, -0.05) is 41.9 Å². The normalized spacial score (nSPS) is 11.8. The molecule has 0 unspecified atom stereocenters. The Bertz CT molecular complexity index is 1010. The summed E-state index contributed by atoms with van der Waals surface area (Å²) in [5.74, 6) is -0.665. The number of aromatic nitrogens is 1. The van der Waals surface area contributed by atoms with E-state index in [1.807, 2.05) is 36.4 Å². The van der Waals surface area contributed by atoms with E-state index in [0.717, 1.165) is 16.5 Å². The Labute approximate surface area is 168 Å². The summed E-state index contributed by atoms with van der Waals surface area (Å²) in [4.78, 5) is 29.5. The maximum Gasteiger partial charge on any atom is 0.308 e. The van der Waals surface area contributed by atoms with Crippen LogP contribution in [-0.4, -0.2) is 23.5 Å². The molecule has 3 rings (SSSR count). The van der Waals surface area contributed by atoms with Crippen molar-refractivity contribution in [2.45, 2.75) is 26.3 Å². The summed E-state index contributed by atoms with van der Waals surface area (Å²) in [6.45, 7) is 3.83. The van der Waals surface area contributed by atoms with Gasteiger partial charge in [0.1, 0.15) is 0 Å². The number of fused-ring (bicyclic) bond motifs is 1. The minimum absolute atomic E-state index is 0.0511. The molecule has 28 heavy (non-hydrogen) atoms. The van der Waals surface area contributed by atoms with E-state index in [-0.39, 0.29) is 18.3 Å². The summed E-state index contributed by atoms with van der Waals surface area (Å²) < 4.78 is 5.06. The predicted molar refractivity (Wildman–Crippen MR) is 109 cm³/mol. The average molecular weight is 397 g/mol. The Hall–Kier alpha value is -2.92. The van der Waals surface area contributed by atoms with Gasteiger partial charge in [0.2, 0.25) is 0 Å². The van der Waals surface area contributed by atoms with E-state index in [9.17, 15) is 9.59 Å². The SMILES string of the molecule is CCOC(=O)C[C@@H](NC(=O)c1cc2cc(Cl)ccc2nc1C)c1ccccc1. The minimum Gasteiger partial charge on any atom is -0.466 e. The van der Waals surface area contributed by atoms with Crippen molar-refractivity contribution in [3.8, 4) is 0 Å². The van der Waals surface area contributed by atoms with Crippen LogP contribution in [0, 0.1) is 6.92 Å². The molecule has 0 aliphatic rings. The molecular weight excluding hydrogens is 376 g/mol. The van der Waals surface area contributed by atoms with E-state index in [2.05, 4.69) is 10.3 Å². The van der Waals surface area contributed by atoms with Crippen molar-refractivity contribution in [1.82, 2.24) is 10.3 Å². The summed E-state index contributed by atoms with van der Waals surface area (Å²) in [6, 6.07) is 16.0. The average Bonchev–Trinajstić information content (AvgIpc) is 2.68. The number of halogens is 1. The molecule has 0 aliphatic carbocycles. The van der Waals surface area contributed by atoms with Gasteiger partial charge in [-0.3, -0.25) is 14.6 Å². The van der Waals surface area contributed by atoms with E-state index in [1.54, 1.807) is 32.0 Å². The molecule has 0 bridgehead atoms. The Morgan fingerprint density at radius 3 is 2.61 bits per heavy atom. The third-order valence-electron chi connectivity index (χ3n) is 4.40. The zero-order chi connectivity index (χ0) is 20.1. The van der Waals surface area contributed by atoms with E-state index in [0.29, 0.717) is 22.9 Å². The number of esters is 1. The first-order valence-corrected chi connectivity index (χ1v) is 9.44. The second-order valence-electron chi connectivity index (χ2n) is 6.40. The summed E-state index contributed by atoms with van der Waals surface area (Å²) in [5, 5.41) is 4.31. The molecule has 1 N–H and O–H groups in total. The van der Waals surface area contributed by atoms with Gasteiger partial charge in [-0.15, -0.1) is 0 Å². The zero-order valence-corrected chi connectivity index (χ0v) is 16.5. The van der Waals surface area contributed by atoms with Gasteiger partial charge < -0.3 is 10.1 Å². The van der Waals surface area contributed by atoms with Crippen LogP contribution in [0.2, 0.25) is 5.02 Å². The molecular formula is C22H21ClN2O3. The lowest BCUT2D eigenvalue weighted by molar-refractivity contribution is -0.143. The highest BCUT2D eigenvalue weighted by atomic mass is 35.5. The molecule has 1 atom stereocenters. The molecule has 0 spiro atoms. The van der Waals surface area contributed by atoms with Gasteiger partial charge in [-0.25, -0.2) is 0 Å². The number of pyridine rings is 1. The van der Waals surface area contributed by atoms with Crippen molar-refractivity contribution in [3.05, 3.63) is 76.4 Å². The monoisotopic (exact) mass is 396 g/mol. The molecule has 1 amide bonds. The molecule has 0 saturated heterocycles. The number of nitrogens with one attached hydrogen (secondary N) is 1. The Morgan fingerprint density at radius 1 is 1.14 bits per heavy atom. The first kappa shape index (κ1) is 19.8. The molecule has 2 aromatic carbocycles. The van der Waals surface area contributed by atoms with Crippen LogP contribution in [0.15, 0.2) is 54.6 Å². The van der Waals surface area contributed by atoms with Crippen molar-refractivity contribution in [3.63, 3.8) is 0 Å². The molecule has 144 valence electrons. The number of rotatable bonds is 6. The van der Waals surface area contributed by atoms with E-state index >= 15 is 0 Å². The van der Waals surface area contributed by atoms with Crippen LogP contribution in [0.5, 0.6) is 0 Å². The molecule has 0 saturated carbocycles. The van der Waals surface area contributed by atoms with Crippen molar-refractivity contribution in [2.24, 2.45) is 0 Å². The first-order valence-electron chi connectivity index (χ1n) is 9.06. The smallest absolute Gasteiger partial charge is 0.308 e. The predicted octanol–water partition coefficient (Wildman–Crippen LogP) is 4.62. The third-order valence-corrected chi connectivity index (χ3v) is 4.63. The summed E-state index contributed by atoms with van der Waals surface area (Å²) in [7, 11) is 0. The molecule has 5 nitrogen and oxygen atoms in total. The number of benzene rings is 2. The van der Waals surface area contributed by atoms with Crippen molar-refractivity contribution in [1.29, 1.82) is 0 Å². The van der Waals surface area contributed by atoms with Gasteiger partial charge >= 0.3 is 5.97 Å². The maximum atomic E-state index is 13.0. The van der Waals surface area contributed by atoms with Gasteiger partial charge in [0, 0.05) is 10.4 Å². The van der Waals surface area contributed by atoms with E-state index in [1.165, 1.54) is 0 Å². The van der Waals surface area contributed by atoms with Crippen LogP contribution in [0.25, 0.3) is 10.9 Å². The number of hydrogen-bond donors (Lipinski definition) is 1. The minimum atomic E-state index is -0.498. The van der Waals surface area contributed by atoms with Crippen molar-refractivity contribution < 1.29 is 14.3 Å². The number of amides is 1. The lowest BCUT2D eigenvalue weighted by Crippen LogP contribution is -2.31. The molecule has 6 heteroatoms. The standard InChI is InChI=1S/C22H21ClN2O3/c1-3-28-21(26)13-20(15-7-5-4-6-8-15)25-22(27)18-12-16-11-17(23)9-10-19(16)24-14(18)2/h4-12,20H,3,13H2,1-2H3,(H,25,27)/t20-/m1/s1. The molecule has 0 aliphatic heterocycles. The summed E-state index contributed by atoms with van der Waals surface area (Å²) >= 11 is 6.06. The topological polar surface area (TPSA) is 68.3 Å². The van der Waals surface area contributed by atoms with Gasteiger partial charge in [0.05, 0.1) is 35.8 Å². The van der Waals surface area contributed by atoms with Crippen LogP contribution >= 0.6 is 11.6 Å². The van der Waals surface area contributed by atoms with Crippen LogP contribution in [0.4, 0.5) is 0 Å². The highest BCUT2D eigenvalue weighted by Gasteiger charge is 2.21. The fraction of sp³-hybridized carbons (Fsp3) is 0.227. The second-order valence-corrected chi connectivity index (χ2v) is 6.84. The third kappa shape index (κ3) is 4.67. The first-order chi connectivity index (χ1) is 13.5. The van der Waals surface area contributed by atoms with E-state index in [4.69, 9.17) is 16.3 Å². The van der Waals surface area contributed by atoms with Crippen LogP contribution in [0.3, 0.4) is 0 Å². The Kier molecular flexibility index (Phi) is 6.26. The Balaban J connectivity index is 1.90. The highest BCUT2D eigenvalue weighted by molar-refractivity contribution is 6.31. The van der Waals surface area contributed by atoms with Gasteiger partial charge in [-0.05, 0) is 43.7 Å². The van der Waals surface area contributed by atoms with Crippen molar-refractivity contribution in [2.75, 3.05) is 6.61 Å². The van der Waals surface area contributed by atoms with Gasteiger partial charge in [0.15, 0.2) is 0 Å². The summed E-state index contributed by atoms with van der Waals surface area (Å²) in [5.41, 5.74) is 2.65. The van der Waals surface area contributed by atoms with Crippen LogP contribution in [0.1, 0.15) is 41.0 Å². The number of carbonyl (C=O) groups excluding carboxylic acids is 2. The molecule has 0 fully saturated rings. The largest absolute Gasteiger partial charge is 0.466 e. The lowest BCUT2D eigenvalue weighted by Gasteiger charge is -2.19. The summed E-state index contributed by atoms with van der Waals surface area (Å²) in [6.07, 6.45) is 0.0511. The number of ether oxygens (including phenoxy) is 1.